The van der Waals surface area contributed by atoms with Crippen LogP contribution in [0.3, 0.4) is 0 Å². The van der Waals surface area contributed by atoms with Gasteiger partial charge in [0.2, 0.25) is 0 Å². The molecule has 12 heteroatoms. The minimum atomic E-state index is -0.981. The van der Waals surface area contributed by atoms with E-state index in [9.17, 15) is 23.5 Å². The van der Waals surface area contributed by atoms with Crippen molar-refractivity contribution in [2.75, 3.05) is 26.7 Å². The number of imidazole rings is 1. The van der Waals surface area contributed by atoms with Gasteiger partial charge in [-0.15, -0.1) is 0 Å². The van der Waals surface area contributed by atoms with Crippen LogP contribution in [-0.4, -0.2) is 74.7 Å². The van der Waals surface area contributed by atoms with Gasteiger partial charge in [-0.25, -0.2) is 13.8 Å². The van der Waals surface area contributed by atoms with E-state index in [0.29, 0.717) is 47.1 Å². The number of aliphatic hydroxyl groups excluding tert-OH is 1. The summed E-state index contributed by atoms with van der Waals surface area (Å²) in [5.74, 6) is -1.42. The number of aromatic nitrogens is 3. The van der Waals surface area contributed by atoms with Gasteiger partial charge >= 0.3 is 0 Å². The normalized spacial score (nSPS) is 16.8. The van der Waals surface area contributed by atoms with Crippen LogP contribution in [-0.2, 0) is 13.0 Å². The average Bonchev–Trinajstić information content (AvgIpc) is 3.50. The molecule has 0 radical (unpaired) electrons. The van der Waals surface area contributed by atoms with Crippen LogP contribution in [0.2, 0.25) is 0 Å². The first-order chi connectivity index (χ1) is 20.2. The molecule has 1 atom stereocenters. The molecule has 2 aliphatic rings. The number of ether oxygens (including phenoxy) is 1. The van der Waals surface area contributed by atoms with Gasteiger partial charge in [-0.1, -0.05) is 0 Å². The first-order valence-corrected chi connectivity index (χ1v) is 14.7. The smallest absolute Gasteiger partial charge is 0.259 e. The molecule has 0 saturated carbocycles. The van der Waals surface area contributed by atoms with Gasteiger partial charge in [-0.3, -0.25) is 9.59 Å². The summed E-state index contributed by atoms with van der Waals surface area (Å²) in [6.07, 6.45) is 2.99. The Labute approximate surface area is 248 Å². The molecule has 0 unspecified atom stereocenters. The lowest BCUT2D eigenvalue weighted by Crippen LogP contribution is -2.43. The monoisotopic (exact) mass is 641 g/mol. The number of aromatic amines is 2. The molecule has 1 saturated heterocycles. The van der Waals surface area contributed by atoms with Crippen LogP contribution in [0.5, 0.6) is 5.75 Å². The Hall–Kier alpha value is -3.61. The van der Waals surface area contributed by atoms with Crippen molar-refractivity contribution in [3.63, 3.8) is 0 Å². The summed E-state index contributed by atoms with van der Waals surface area (Å²) >= 11 is 3.07. The molecule has 2 aliphatic heterocycles. The number of aryl methyl sites for hydroxylation is 1. The topological polar surface area (TPSA) is 115 Å². The lowest BCUT2D eigenvalue weighted by atomic mass is 10.0. The summed E-state index contributed by atoms with van der Waals surface area (Å²) in [6, 6.07) is 7.50. The van der Waals surface area contributed by atoms with Crippen LogP contribution < -0.4 is 10.3 Å². The fourth-order valence-electron chi connectivity index (χ4n) is 5.80. The summed E-state index contributed by atoms with van der Waals surface area (Å²) < 4.78 is 32.9. The van der Waals surface area contributed by atoms with E-state index >= 15 is 0 Å². The zero-order chi connectivity index (χ0) is 29.5. The predicted octanol–water partition coefficient (Wildman–Crippen LogP) is 4.38. The van der Waals surface area contributed by atoms with Crippen molar-refractivity contribution in [1.82, 2.24) is 24.8 Å². The fraction of sp³-hybridized carbons (Fsp3) is 0.367. The number of pyridine rings is 1. The quantitative estimate of drug-likeness (QED) is 0.263. The number of amides is 1. The molecular weight excluding hydrogens is 612 g/mol. The van der Waals surface area contributed by atoms with Crippen LogP contribution in [0, 0.1) is 11.6 Å². The number of benzene rings is 2. The maximum atomic E-state index is 14.1. The van der Waals surface area contributed by atoms with Crippen LogP contribution in [0.15, 0.2) is 45.8 Å². The largest absolute Gasteiger partial charge is 0.487 e. The maximum Gasteiger partial charge on any atom is 0.259 e. The van der Waals surface area contributed by atoms with E-state index in [1.807, 2.05) is 11.0 Å². The van der Waals surface area contributed by atoms with E-state index in [1.54, 1.807) is 12.1 Å². The van der Waals surface area contributed by atoms with Crippen LogP contribution >= 0.6 is 15.9 Å². The third-order valence-corrected chi connectivity index (χ3v) is 8.67. The molecule has 1 fully saturated rings. The zero-order valence-corrected chi connectivity index (χ0v) is 24.5. The summed E-state index contributed by atoms with van der Waals surface area (Å²) in [5, 5.41) is 10.5. The van der Waals surface area contributed by atoms with Crippen molar-refractivity contribution in [3.8, 4) is 17.1 Å². The molecule has 0 aliphatic carbocycles. The Kier molecular flexibility index (Phi) is 7.86. The van der Waals surface area contributed by atoms with Gasteiger partial charge in [-0.05, 0) is 97.1 Å². The lowest BCUT2D eigenvalue weighted by molar-refractivity contribution is 0.0617. The van der Waals surface area contributed by atoms with E-state index < -0.39 is 17.7 Å². The van der Waals surface area contributed by atoms with Gasteiger partial charge in [-0.2, -0.15) is 0 Å². The van der Waals surface area contributed by atoms with Gasteiger partial charge in [0.05, 0.1) is 27.2 Å². The van der Waals surface area contributed by atoms with Crippen molar-refractivity contribution >= 4 is 32.9 Å². The molecular formula is C30H30BrF2N5O4. The second-order valence-corrected chi connectivity index (χ2v) is 11.8. The Bertz CT molecular complexity index is 1690. The average molecular weight is 643 g/mol. The number of halogens is 3. The van der Waals surface area contributed by atoms with Crippen LogP contribution in [0.1, 0.15) is 40.7 Å². The first-order valence-electron chi connectivity index (χ1n) is 13.9. The summed E-state index contributed by atoms with van der Waals surface area (Å²) in [7, 11) is 2.10. The van der Waals surface area contributed by atoms with Crippen LogP contribution in [0.4, 0.5) is 8.78 Å². The van der Waals surface area contributed by atoms with E-state index in [1.165, 1.54) is 6.20 Å². The number of fused-ring (bicyclic) bond motifs is 2. The minimum Gasteiger partial charge on any atom is -0.487 e. The fourth-order valence-corrected chi connectivity index (χ4v) is 6.32. The van der Waals surface area contributed by atoms with E-state index in [0.717, 1.165) is 43.1 Å². The molecule has 42 heavy (non-hydrogen) atoms. The number of carbonyl (C=O) groups is 1. The number of aliphatic hydroxyl groups is 1. The number of H-pyrrole nitrogens is 2. The van der Waals surface area contributed by atoms with Gasteiger partial charge in [0.1, 0.15) is 18.2 Å². The number of likely N-dealkylation sites (tertiary alicyclic amines) is 1. The molecule has 2 aromatic carbocycles. The first kappa shape index (κ1) is 28.5. The molecule has 4 aromatic rings. The van der Waals surface area contributed by atoms with Crippen molar-refractivity contribution in [3.05, 3.63) is 79.7 Å². The third-order valence-electron chi connectivity index (χ3n) is 8.08. The molecule has 0 bridgehead atoms. The SMILES string of the molecule is CN1CCC(N2Cc3cc4[nH]c(-c5c(CC[C@@H](O)COc6c(F)cc(F)cc6Br)cc[nH]c5=O)nc4cc3C2=O)CC1. The number of carbonyl (C=O) groups excluding carboxylic acids is 1. The number of hydrogen-bond donors (Lipinski definition) is 3. The Balaban J connectivity index is 1.18. The molecule has 1 amide bonds. The molecule has 2 aromatic heterocycles. The number of hydrogen-bond acceptors (Lipinski definition) is 6. The second-order valence-electron chi connectivity index (χ2n) is 11.0. The van der Waals surface area contributed by atoms with Gasteiger partial charge < -0.3 is 29.6 Å². The van der Waals surface area contributed by atoms with Gasteiger partial charge in [0, 0.05) is 30.4 Å². The molecule has 3 N–H and O–H groups in total. The molecule has 6 rings (SSSR count). The summed E-state index contributed by atoms with van der Waals surface area (Å²) in [4.78, 5) is 41.1. The number of nitrogens with zero attached hydrogens (tertiary/aromatic N) is 3. The standard InChI is InChI=1S/C30H30BrF2N5O4/c1-37-8-5-19(6-9-37)38-14-17-10-24-25(13-21(17)30(38)41)36-28(35-24)26-16(4-7-34-29(26)40)2-3-20(39)15-42-27-22(31)11-18(32)12-23(27)33/h4,7,10-13,19-20,39H,2-3,5-6,8-9,14-15H2,1H3,(H,34,40)(H,35,36)/t20-/m1/s1. The number of rotatable bonds is 8. The van der Waals surface area contributed by atoms with Gasteiger partial charge in [0.25, 0.3) is 11.5 Å². The highest BCUT2D eigenvalue weighted by atomic mass is 79.9. The van der Waals surface area contributed by atoms with Gasteiger partial charge in [0.15, 0.2) is 11.6 Å². The lowest BCUT2D eigenvalue weighted by Gasteiger charge is -2.34. The molecule has 4 heterocycles. The summed E-state index contributed by atoms with van der Waals surface area (Å²) in [5.41, 5.74) is 3.57. The van der Waals surface area contributed by atoms with E-state index in [-0.39, 0.29) is 40.8 Å². The molecule has 9 nitrogen and oxygen atoms in total. The Morgan fingerprint density at radius 1 is 1.19 bits per heavy atom. The van der Waals surface area contributed by atoms with E-state index in [4.69, 9.17) is 4.74 Å². The Morgan fingerprint density at radius 3 is 2.74 bits per heavy atom. The predicted molar refractivity (Wildman–Crippen MR) is 156 cm³/mol. The van der Waals surface area contributed by atoms with Crippen molar-refractivity contribution in [1.29, 1.82) is 0 Å². The third kappa shape index (κ3) is 5.58. The van der Waals surface area contributed by atoms with Crippen molar-refractivity contribution in [2.24, 2.45) is 0 Å². The Morgan fingerprint density at radius 2 is 1.98 bits per heavy atom. The molecule has 220 valence electrons. The van der Waals surface area contributed by atoms with E-state index in [2.05, 4.69) is 42.8 Å². The highest BCUT2D eigenvalue weighted by Gasteiger charge is 2.34. The number of piperidine rings is 1. The van der Waals surface area contributed by atoms with Crippen molar-refractivity contribution < 1.29 is 23.4 Å². The van der Waals surface area contributed by atoms with Crippen molar-refractivity contribution in [2.45, 2.75) is 44.4 Å². The highest BCUT2D eigenvalue weighted by Crippen LogP contribution is 2.33. The highest BCUT2D eigenvalue weighted by molar-refractivity contribution is 9.10. The second kappa shape index (κ2) is 11.6. The number of nitrogens with one attached hydrogen (secondary N) is 2. The minimum absolute atomic E-state index is 0.0213. The maximum absolute atomic E-state index is 14.1. The summed E-state index contributed by atoms with van der Waals surface area (Å²) in [6.45, 7) is 2.28. The van der Waals surface area contributed by atoms with Crippen LogP contribution in [0.25, 0.3) is 22.4 Å². The zero-order valence-electron chi connectivity index (χ0n) is 22.9. The molecule has 0 spiro atoms.